The third kappa shape index (κ3) is 4.95. The average molecular weight is 380 g/mol. The van der Waals surface area contributed by atoms with Gasteiger partial charge in [-0.25, -0.2) is 0 Å². The van der Waals surface area contributed by atoms with Crippen molar-refractivity contribution in [2.75, 3.05) is 6.61 Å². The topological polar surface area (TPSA) is 80.3 Å². The highest BCUT2D eigenvalue weighted by atomic mass is 35.5. The Morgan fingerprint density at radius 3 is 2.77 bits per heavy atom. The van der Waals surface area contributed by atoms with E-state index >= 15 is 0 Å². The second kappa shape index (κ2) is 8.82. The minimum absolute atomic E-state index is 0.0792. The number of rotatable bonds is 7. The minimum Gasteiger partial charge on any atom is -0.376 e. The number of amides is 2. The summed E-state index contributed by atoms with van der Waals surface area (Å²) in [5.74, 6) is -0.242. The van der Waals surface area contributed by atoms with Crippen LogP contribution in [0.3, 0.4) is 0 Å². The van der Waals surface area contributed by atoms with Crippen molar-refractivity contribution in [2.24, 2.45) is 5.92 Å². The molecule has 0 aromatic carbocycles. The lowest BCUT2D eigenvalue weighted by Gasteiger charge is -2.36. The predicted molar refractivity (Wildman–Crippen MR) is 99.0 cm³/mol. The first-order valence-corrected chi connectivity index (χ1v) is 9.78. The van der Waals surface area contributed by atoms with Gasteiger partial charge in [0.2, 0.25) is 5.91 Å². The quantitative estimate of drug-likeness (QED) is 0.763. The van der Waals surface area contributed by atoms with Gasteiger partial charge in [-0.2, -0.15) is 0 Å². The summed E-state index contributed by atoms with van der Waals surface area (Å²) in [7, 11) is 0. The lowest BCUT2D eigenvalue weighted by atomic mass is 9.82. The van der Waals surface area contributed by atoms with Crippen molar-refractivity contribution in [2.45, 2.75) is 63.6 Å². The van der Waals surface area contributed by atoms with Crippen LogP contribution in [0.5, 0.6) is 0 Å². The normalized spacial score (nSPS) is 25.5. The molecule has 2 saturated carbocycles. The Bertz CT molecular complexity index is 651. The predicted octanol–water partition coefficient (Wildman–Crippen LogP) is 2.71. The van der Waals surface area contributed by atoms with Crippen LogP contribution in [0, 0.1) is 5.92 Å². The Balaban J connectivity index is 1.66. The highest BCUT2D eigenvalue weighted by Crippen LogP contribution is 2.29. The molecule has 0 radical (unpaired) electrons. The van der Waals surface area contributed by atoms with Crippen molar-refractivity contribution < 1.29 is 14.3 Å². The maximum atomic E-state index is 12.6. The molecule has 7 heteroatoms. The number of hydrogen-bond donors (Lipinski definition) is 2. The number of aromatic nitrogens is 1. The van der Waals surface area contributed by atoms with Crippen molar-refractivity contribution >= 4 is 23.4 Å². The first kappa shape index (κ1) is 19.1. The number of nitrogens with zero attached hydrogens (tertiary/aromatic N) is 1. The molecule has 0 aliphatic heterocycles. The molecule has 1 heterocycles. The number of halogens is 1. The maximum Gasteiger partial charge on any atom is 0.253 e. The molecule has 142 valence electrons. The van der Waals surface area contributed by atoms with E-state index in [1.54, 1.807) is 12.3 Å². The van der Waals surface area contributed by atoms with E-state index in [0.717, 1.165) is 32.1 Å². The summed E-state index contributed by atoms with van der Waals surface area (Å²) >= 11 is 6.08. The van der Waals surface area contributed by atoms with Crippen LogP contribution in [0.1, 0.15) is 55.8 Å². The smallest absolute Gasteiger partial charge is 0.253 e. The van der Waals surface area contributed by atoms with E-state index in [1.807, 2.05) is 0 Å². The summed E-state index contributed by atoms with van der Waals surface area (Å²) < 4.78 is 5.94. The summed E-state index contributed by atoms with van der Waals surface area (Å²) in [5.41, 5.74) is 0.389. The Morgan fingerprint density at radius 2 is 2.08 bits per heavy atom. The Morgan fingerprint density at radius 1 is 1.27 bits per heavy atom. The van der Waals surface area contributed by atoms with Gasteiger partial charge >= 0.3 is 0 Å². The summed E-state index contributed by atoms with van der Waals surface area (Å²) in [6.07, 6.45) is 8.10. The monoisotopic (exact) mass is 379 g/mol. The minimum atomic E-state index is -0.254. The van der Waals surface area contributed by atoms with E-state index in [-0.39, 0.29) is 29.9 Å². The molecule has 3 atom stereocenters. The third-order valence-electron chi connectivity index (χ3n) is 4.95. The summed E-state index contributed by atoms with van der Waals surface area (Å²) in [5, 5.41) is 6.42. The fourth-order valence-electron chi connectivity index (χ4n) is 3.35. The van der Waals surface area contributed by atoms with Crippen LogP contribution >= 0.6 is 11.6 Å². The van der Waals surface area contributed by atoms with Gasteiger partial charge in [-0.1, -0.05) is 18.5 Å². The van der Waals surface area contributed by atoms with Crippen molar-refractivity contribution in [3.8, 4) is 0 Å². The van der Waals surface area contributed by atoms with Gasteiger partial charge in [-0.3, -0.25) is 14.6 Å². The molecular formula is C19H26ClN3O3. The zero-order valence-corrected chi connectivity index (χ0v) is 15.8. The van der Waals surface area contributed by atoms with Crippen LogP contribution in [0.2, 0.25) is 5.02 Å². The zero-order chi connectivity index (χ0) is 18.5. The van der Waals surface area contributed by atoms with Gasteiger partial charge in [0, 0.05) is 31.0 Å². The van der Waals surface area contributed by atoms with Crippen LogP contribution in [0.25, 0.3) is 0 Å². The van der Waals surface area contributed by atoms with Gasteiger partial charge in [0.25, 0.3) is 5.91 Å². The molecule has 3 rings (SSSR count). The van der Waals surface area contributed by atoms with Crippen molar-refractivity contribution in [3.05, 3.63) is 29.0 Å². The van der Waals surface area contributed by atoms with E-state index < -0.39 is 0 Å². The van der Waals surface area contributed by atoms with Gasteiger partial charge in [-0.05, 0) is 44.6 Å². The number of hydrogen-bond acceptors (Lipinski definition) is 4. The van der Waals surface area contributed by atoms with E-state index in [2.05, 4.69) is 22.5 Å². The van der Waals surface area contributed by atoms with Crippen LogP contribution in [-0.2, 0) is 9.53 Å². The molecule has 26 heavy (non-hydrogen) atoms. The lowest BCUT2D eigenvalue weighted by molar-refractivity contribution is -0.127. The molecule has 2 aliphatic rings. The van der Waals surface area contributed by atoms with E-state index in [0.29, 0.717) is 29.7 Å². The third-order valence-corrected chi connectivity index (χ3v) is 5.25. The molecule has 1 aromatic rings. The van der Waals surface area contributed by atoms with Crippen LogP contribution < -0.4 is 10.6 Å². The molecule has 1 aromatic heterocycles. The van der Waals surface area contributed by atoms with Gasteiger partial charge in [0.1, 0.15) is 0 Å². The Labute approximate surface area is 159 Å². The lowest BCUT2D eigenvalue weighted by Crippen LogP contribution is -2.50. The van der Waals surface area contributed by atoms with Gasteiger partial charge in [0.15, 0.2) is 0 Å². The second-order valence-electron chi connectivity index (χ2n) is 7.14. The first-order valence-electron chi connectivity index (χ1n) is 9.40. The number of ether oxygens (including phenoxy) is 1. The molecule has 0 spiro atoms. The highest BCUT2D eigenvalue weighted by Gasteiger charge is 2.37. The standard InChI is InChI=1S/C19H26ClN3O3/c1-2-9-26-17-6-3-12(18(24)22-13-4-5-13)10-16(17)23-19(25)14-7-8-21-11-15(14)20/h7-8,11-13,16-17H,2-6,9-10H2,1H3,(H,22,24)(H,23,25)/t12-,16+,17+/m0/s1. The van der Waals surface area contributed by atoms with Crippen molar-refractivity contribution in [3.63, 3.8) is 0 Å². The number of carbonyl (C=O) groups is 2. The van der Waals surface area contributed by atoms with E-state index in [1.165, 1.54) is 6.20 Å². The molecule has 2 fully saturated rings. The first-order chi connectivity index (χ1) is 12.6. The largest absolute Gasteiger partial charge is 0.376 e. The highest BCUT2D eigenvalue weighted by molar-refractivity contribution is 6.33. The van der Waals surface area contributed by atoms with E-state index in [9.17, 15) is 9.59 Å². The second-order valence-corrected chi connectivity index (χ2v) is 7.54. The SMILES string of the molecule is CCCO[C@@H]1CC[C@H](C(=O)NC2CC2)C[C@H]1NC(=O)c1ccncc1Cl. The number of nitrogens with one attached hydrogen (secondary N) is 2. The molecular weight excluding hydrogens is 354 g/mol. The van der Waals surface area contributed by atoms with Gasteiger partial charge < -0.3 is 15.4 Å². The van der Waals surface area contributed by atoms with Gasteiger partial charge in [-0.15, -0.1) is 0 Å². The molecule has 2 N–H and O–H groups in total. The Hall–Kier alpha value is -1.66. The molecule has 0 bridgehead atoms. The maximum absolute atomic E-state index is 12.6. The summed E-state index contributed by atoms with van der Waals surface area (Å²) in [6, 6.07) is 1.74. The fourth-order valence-corrected chi connectivity index (χ4v) is 3.56. The average Bonchev–Trinajstić information content (AvgIpc) is 3.44. The Kier molecular flexibility index (Phi) is 6.48. The zero-order valence-electron chi connectivity index (χ0n) is 15.0. The fraction of sp³-hybridized carbons (Fsp3) is 0.632. The van der Waals surface area contributed by atoms with Crippen molar-refractivity contribution in [1.29, 1.82) is 0 Å². The summed E-state index contributed by atoms with van der Waals surface area (Å²) in [4.78, 5) is 29.0. The van der Waals surface area contributed by atoms with E-state index in [4.69, 9.17) is 16.3 Å². The molecule has 2 aliphatic carbocycles. The summed E-state index contributed by atoms with van der Waals surface area (Å²) in [6.45, 7) is 2.70. The molecule has 6 nitrogen and oxygen atoms in total. The molecule has 2 amide bonds. The van der Waals surface area contributed by atoms with Crippen LogP contribution in [-0.4, -0.2) is 41.6 Å². The van der Waals surface area contributed by atoms with Crippen LogP contribution in [0.4, 0.5) is 0 Å². The number of pyridine rings is 1. The molecule has 0 unspecified atom stereocenters. The number of carbonyl (C=O) groups excluding carboxylic acids is 2. The van der Waals surface area contributed by atoms with Crippen molar-refractivity contribution in [1.82, 2.24) is 15.6 Å². The van der Waals surface area contributed by atoms with Crippen LogP contribution in [0.15, 0.2) is 18.5 Å². The van der Waals surface area contributed by atoms with Gasteiger partial charge in [0.05, 0.1) is 22.7 Å². The molecule has 0 saturated heterocycles.